The second kappa shape index (κ2) is 48.1. The number of carbonyl (C=O) groups excluding carboxylic acids is 2. The molecule has 4 aliphatic heterocycles. The third-order valence-electron chi connectivity index (χ3n) is 28.2. The first-order valence-corrected chi connectivity index (χ1v) is 56.5. The maximum absolute atomic E-state index is 16.6. The maximum atomic E-state index is 16.6. The number of rotatable bonds is 51. The second-order valence-corrected chi connectivity index (χ2v) is 46.1. The second-order valence-electron chi connectivity index (χ2n) is 40.1. The smallest absolute Gasteiger partial charge is 0.294 e. The van der Waals surface area contributed by atoms with Gasteiger partial charge in [0.2, 0.25) is 23.2 Å². The molecular formula is C112H144FN7O18S4+2. The summed E-state index contributed by atoms with van der Waals surface area (Å²) in [6, 6.07) is 43.1. The molecule has 0 unspecified atom stereocenters. The Hall–Kier alpha value is -10.4. The number of carbonyl (C=O) groups is 2. The molecule has 0 aromatic heterocycles. The van der Waals surface area contributed by atoms with Crippen LogP contribution in [0.25, 0.3) is 16.3 Å². The third-order valence-corrected chi connectivity index (χ3v) is 31.5. The van der Waals surface area contributed by atoms with E-state index in [1.807, 2.05) is 43.0 Å². The monoisotopic (exact) mass is 2020 g/mol. The minimum Gasteiger partial charge on any atom is -0.457 e. The van der Waals surface area contributed by atoms with E-state index in [1.54, 1.807) is 18.2 Å². The van der Waals surface area contributed by atoms with Crippen LogP contribution in [-0.2, 0) is 85.9 Å². The first-order valence-electron chi connectivity index (χ1n) is 50.4. The summed E-state index contributed by atoms with van der Waals surface area (Å²) in [5.74, 6) is -0.262. The van der Waals surface area contributed by atoms with Gasteiger partial charge in [0.05, 0.1) is 58.6 Å². The van der Waals surface area contributed by atoms with E-state index in [9.17, 15) is 61.5 Å². The predicted molar refractivity (Wildman–Crippen MR) is 564 cm³/mol. The molecule has 25 nitrogen and oxygen atoms in total. The van der Waals surface area contributed by atoms with Crippen molar-refractivity contribution in [3.63, 3.8) is 0 Å². The summed E-state index contributed by atoms with van der Waals surface area (Å²) in [5.41, 5.74) is 18.0. The average Bonchev–Trinajstić information content (AvgIpc) is 1.55. The van der Waals surface area contributed by atoms with Gasteiger partial charge in [-0.15, -0.1) is 0 Å². The van der Waals surface area contributed by atoms with Crippen LogP contribution in [0.4, 0.5) is 32.8 Å². The van der Waals surface area contributed by atoms with E-state index in [-0.39, 0.29) is 58.8 Å². The molecule has 0 spiro atoms. The summed E-state index contributed by atoms with van der Waals surface area (Å²) in [6.07, 6.45) is 31.4. The van der Waals surface area contributed by atoms with Gasteiger partial charge in [0.25, 0.3) is 40.5 Å². The van der Waals surface area contributed by atoms with Crippen LogP contribution in [0, 0.1) is 12.7 Å². The molecule has 0 bridgehead atoms. The number of fused-ring (bicyclic) bond motifs is 6. The molecule has 0 atom stereocenters. The van der Waals surface area contributed by atoms with Crippen LogP contribution >= 0.6 is 0 Å². The van der Waals surface area contributed by atoms with Crippen molar-refractivity contribution in [1.82, 2.24) is 10.6 Å². The maximum Gasteiger partial charge on any atom is 0.294 e. The van der Waals surface area contributed by atoms with Crippen LogP contribution in [0.5, 0.6) is 5.75 Å². The Bertz CT molecular complexity index is 6560. The number of anilines is 3. The zero-order chi connectivity index (χ0) is 102. The van der Waals surface area contributed by atoms with Crippen molar-refractivity contribution in [2.45, 2.75) is 242 Å². The Balaban J connectivity index is 0.550. The molecule has 764 valence electrons. The molecule has 13 rings (SSSR count). The molecule has 7 aromatic carbocycles. The van der Waals surface area contributed by atoms with Crippen molar-refractivity contribution >= 4 is 108 Å². The van der Waals surface area contributed by atoms with Crippen molar-refractivity contribution in [3.8, 4) is 5.75 Å². The van der Waals surface area contributed by atoms with E-state index >= 15 is 4.39 Å². The van der Waals surface area contributed by atoms with Crippen LogP contribution in [0.2, 0.25) is 0 Å². The number of nitrogens with zero attached hydrogens (tertiary/aromatic N) is 5. The molecule has 6 N–H and O–H groups in total. The first-order chi connectivity index (χ1) is 67.6. The van der Waals surface area contributed by atoms with Crippen molar-refractivity contribution in [3.05, 3.63) is 267 Å². The quantitative estimate of drug-likeness (QED) is 0.0117. The Morgan fingerprint density at radius 3 is 1.62 bits per heavy atom. The van der Waals surface area contributed by atoms with Crippen molar-refractivity contribution in [2.24, 2.45) is 0 Å². The van der Waals surface area contributed by atoms with Gasteiger partial charge in [-0.2, -0.15) is 42.8 Å². The molecule has 30 heteroatoms. The number of hydrogen-bond donors (Lipinski definition) is 6. The summed E-state index contributed by atoms with van der Waals surface area (Å²) in [7, 11) is -17.5. The molecule has 0 fully saturated rings. The first kappa shape index (κ1) is 109. The van der Waals surface area contributed by atoms with E-state index in [0.29, 0.717) is 134 Å². The number of aryl methyl sites for hydroxylation is 1. The van der Waals surface area contributed by atoms with Gasteiger partial charge in [0.15, 0.2) is 11.4 Å². The number of hydrogen-bond acceptors (Lipinski definition) is 17. The van der Waals surface area contributed by atoms with E-state index in [1.165, 1.54) is 75.2 Å². The molecule has 2 amide bonds. The summed E-state index contributed by atoms with van der Waals surface area (Å²) in [5, 5.41) is 8.47. The third kappa shape index (κ3) is 27.2. The number of para-hydroxylation sites is 1. The number of allylic oxidation sites excluding steroid dienone is 15. The summed E-state index contributed by atoms with van der Waals surface area (Å²) < 4.78 is 181. The lowest BCUT2D eigenvalue weighted by molar-refractivity contribution is -0.438. The lowest BCUT2D eigenvalue weighted by Crippen LogP contribution is -2.29. The van der Waals surface area contributed by atoms with Gasteiger partial charge in [-0.25, -0.2) is 4.39 Å². The highest BCUT2D eigenvalue weighted by atomic mass is 32.2. The van der Waals surface area contributed by atoms with E-state index in [0.717, 1.165) is 163 Å². The van der Waals surface area contributed by atoms with Gasteiger partial charge in [0, 0.05) is 158 Å². The van der Waals surface area contributed by atoms with Crippen LogP contribution in [0.1, 0.15) is 237 Å². The fourth-order valence-electron chi connectivity index (χ4n) is 20.9. The highest BCUT2D eigenvalue weighted by Gasteiger charge is 2.48. The van der Waals surface area contributed by atoms with Crippen LogP contribution in [0.3, 0.4) is 0 Å². The number of ether oxygens (including phenoxy) is 4. The SMILES string of the molecule is CCCCN1/C(=C/C=C2\CCCC(/C=C/C3=[N+](CCCCCC(=O)NCCCOCCOCCOCCCNC(=O)CCCCC[N+]4=C(/C=C/C5=C(c6ccccc6F)C(=C/C=C6/N(CCC)c7ccc(N(CCCS(=O)(=O)O)CCCS(=O)(=O)O)cc7C6(C)C)/CCC5)C(C)(C)c5c4ccc4cc(C)ccc54)c4ccc(S(=O)(=O)O)cc4C3(C)C)=C2Oc2ccc(S(=O)(=O)O)cc2)C(C)(C)c2ccccc21. The van der Waals surface area contributed by atoms with Crippen molar-refractivity contribution < 1.29 is 94.0 Å². The Morgan fingerprint density at radius 1 is 0.479 bits per heavy atom. The zero-order valence-corrected chi connectivity index (χ0v) is 87.6. The molecular weight excluding hydrogens is 1880 g/mol. The molecule has 142 heavy (non-hydrogen) atoms. The van der Waals surface area contributed by atoms with E-state index < -0.39 is 68.2 Å². The highest BCUT2D eigenvalue weighted by Crippen LogP contribution is 2.53. The van der Waals surface area contributed by atoms with Gasteiger partial charge in [-0.3, -0.25) is 27.8 Å². The molecule has 4 heterocycles. The van der Waals surface area contributed by atoms with Gasteiger partial charge >= 0.3 is 0 Å². The van der Waals surface area contributed by atoms with Gasteiger partial charge < -0.3 is 44.3 Å². The lowest BCUT2D eigenvalue weighted by Gasteiger charge is -2.28. The zero-order valence-electron chi connectivity index (χ0n) is 84.3. The molecule has 0 radical (unpaired) electrons. The summed E-state index contributed by atoms with van der Waals surface area (Å²) >= 11 is 0. The molecule has 0 saturated carbocycles. The Morgan fingerprint density at radius 2 is 1.01 bits per heavy atom. The highest BCUT2D eigenvalue weighted by molar-refractivity contribution is 7.86. The summed E-state index contributed by atoms with van der Waals surface area (Å²) in [6.45, 7) is 30.7. The van der Waals surface area contributed by atoms with Crippen LogP contribution < -0.4 is 30.1 Å². The van der Waals surface area contributed by atoms with E-state index in [4.69, 9.17) is 18.9 Å². The number of nitrogens with one attached hydrogen (secondary N) is 2. The standard InChI is InChI=1S/C112H142FN7O18S4/c1-12-14-66-118-96-38-22-20-36-92(96)109(4,5)100(118)59-45-83-33-26-34-84(108(83)138-87-48-50-88(51-49-87)141(129,130)131)46-60-102-111(8,9)94-79-89(142(132,133)134)52-56-98(94)119(102)67-23-15-17-39-104(121)114-61-27-69-135-71-73-137-74-72-136-70-28-62-115-105(122)40-18-16-24-68-120-99-54-42-85-77-80(3)41-53-90(85)107(99)112(10,11)103(120)58-44-82-32-25-31-81(106(82)91-35-19-21-37-95(91)113)43-57-101-110(6,7)93-78-86(47-55-97(93)117(101)63-13-2)116(64-29-75-139(123,124)125)65-30-76-140(126,127)128/h19-22,35-38,41-60,77-79H,12-18,23-34,39-40,61-76H2,1-11H3,(H4-2,114,115,121,122,123,124,125,126,127,128,129,130,131,132,133,134)/p+2. The molecule has 2 aliphatic carbocycles. The minimum absolute atomic E-state index is 0.00147. The predicted octanol–water partition coefficient (Wildman–Crippen LogP) is 21.5. The Labute approximate surface area is 840 Å². The number of unbranched alkanes of at least 4 members (excludes halogenated alkanes) is 5. The van der Waals surface area contributed by atoms with Crippen molar-refractivity contribution in [1.29, 1.82) is 0 Å². The normalized spacial score (nSPS) is 17.9. The molecule has 6 aliphatic rings. The Kier molecular flexibility index (Phi) is 36.9. The fourth-order valence-corrected chi connectivity index (χ4v) is 22.9. The van der Waals surface area contributed by atoms with E-state index in [2.05, 4.69) is 201 Å². The number of amides is 2. The fraction of sp³-hybridized carbons (Fsp3) is 0.464. The number of benzene rings is 7. The van der Waals surface area contributed by atoms with Crippen LogP contribution in [0.15, 0.2) is 237 Å². The molecule has 0 saturated heterocycles. The lowest BCUT2D eigenvalue weighted by atomic mass is 9.78. The number of halogens is 1. The average molecular weight is 2020 g/mol. The van der Waals surface area contributed by atoms with Gasteiger partial charge in [-0.1, -0.05) is 126 Å². The van der Waals surface area contributed by atoms with Gasteiger partial charge in [0.1, 0.15) is 30.4 Å². The van der Waals surface area contributed by atoms with Gasteiger partial charge in [-0.05, 0) is 278 Å². The van der Waals surface area contributed by atoms with Crippen LogP contribution in [-0.4, -0.2) is 188 Å². The molecule has 7 aromatic rings. The minimum atomic E-state index is -4.53. The van der Waals surface area contributed by atoms with Crippen molar-refractivity contribution in [2.75, 3.05) is 118 Å². The largest absolute Gasteiger partial charge is 0.457 e. The summed E-state index contributed by atoms with van der Waals surface area (Å²) in [4.78, 5) is 32.5. The topological polar surface area (TPSA) is 328 Å².